The van der Waals surface area contributed by atoms with Crippen LogP contribution in [0.1, 0.15) is 65.2 Å². The summed E-state index contributed by atoms with van der Waals surface area (Å²) < 4.78 is 0. The second-order valence-corrected chi connectivity index (χ2v) is 7.54. The number of hydrogen-bond acceptors (Lipinski definition) is 3. The minimum Gasteiger partial charge on any atom is -0.357 e. The number of nitrogens with one attached hydrogen (secondary N) is 2. The van der Waals surface area contributed by atoms with Gasteiger partial charge in [0.05, 0.1) is 0 Å². The smallest absolute Gasteiger partial charge is 0.191 e. The van der Waals surface area contributed by atoms with E-state index in [0.717, 1.165) is 38.2 Å². The van der Waals surface area contributed by atoms with E-state index in [1.54, 1.807) is 0 Å². The predicted octanol–water partition coefficient (Wildman–Crippen LogP) is 2.68. The molecule has 0 spiro atoms. The molecule has 0 saturated carbocycles. The highest BCUT2D eigenvalue weighted by atomic mass is 15.2. The number of likely N-dealkylation sites (tertiary alicyclic amines) is 2. The average Bonchev–Trinajstić information content (AvgIpc) is 3.15. The zero-order valence-corrected chi connectivity index (χ0v) is 16.7. The highest BCUT2D eigenvalue weighted by Crippen LogP contribution is 2.18. The Morgan fingerprint density at radius 2 is 1.76 bits per heavy atom. The fourth-order valence-corrected chi connectivity index (χ4v) is 4.12. The van der Waals surface area contributed by atoms with Crippen LogP contribution in [0.3, 0.4) is 0 Å². The van der Waals surface area contributed by atoms with Crippen molar-refractivity contribution in [1.29, 1.82) is 0 Å². The number of nitrogens with zero attached hydrogens (tertiary/aromatic N) is 3. The van der Waals surface area contributed by atoms with Crippen LogP contribution in [0.2, 0.25) is 0 Å². The van der Waals surface area contributed by atoms with Crippen molar-refractivity contribution in [3.05, 3.63) is 0 Å². The van der Waals surface area contributed by atoms with Gasteiger partial charge in [0.15, 0.2) is 5.96 Å². The van der Waals surface area contributed by atoms with E-state index in [1.807, 2.05) is 0 Å². The Morgan fingerprint density at radius 3 is 2.52 bits per heavy atom. The van der Waals surface area contributed by atoms with Crippen LogP contribution in [-0.4, -0.2) is 74.2 Å². The molecule has 5 nitrogen and oxygen atoms in total. The first-order valence-electron chi connectivity index (χ1n) is 10.8. The first-order valence-corrected chi connectivity index (χ1v) is 10.8. The third-order valence-electron chi connectivity index (χ3n) is 5.61. The Bertz CT molecular complexity index is 365. The monoisotopic (exact) mass is 351 g/mol. The molecule has 0 bridgehead atoms. The molecule has 0 radical (unpaired) electrons. The molecule has 2 aliphatic heterocycles. The molecule has 2 aliphatic rings. The minimum absolute atomic E-state index is 0.792. The molecule has 2 rings (SSSR count). The van der Waals surface area contributed by atoms with E-state index in [0.29, 0.717) is 0 Å². The predicted molar refractivity (Wildman–Crippen MR) is 108 cm³/mol. The van der Waals surface area contributed by atoms with Crippen LogP contribution >= 0.6 is 0 Å². The van der Waals surface area contributed by atoms with Crippen molar-refractivity contribution >= 4 is 5.96 Å². The average molecular weight is 352 g/mol. The lowest BCUT2D eigenvalue weighted by atomic mass is 10.0. The lowest BCUT2D eigenvalue weighted by Gasteiger charge is -2.35. The summed E-state index contributed by atoms with van der Waals surface area (Å²) in [5.74, 6) is 0.994. The Balaban J connectivity index is 1.61. The molecule has 146 valence electrons. The van der Waals surface area contributed by atoms with Gasteiger partial charge in [0.1, 0.15) is 0 Å². The largest absolute Gasteiger partial charge is 0.357 e. The van der Waals surface area contributed by atoms with Gasteiger partial charge < -0.3 is 15.5 Å². The first kappa shape index (κ1) is 20.5. The Kier molecular flexibility index (Phi) is 10.3. The Labute approximate surface area is 155 Å². The summed E-state index contributed by atoms with van der Waals surface area (Å²) in [6.07, 6.45) is 10.7. The van der Waals surface area contributed by atoms with E-state index < -0.39 is 0 Å². The fraction of sp³-hybridized carbons (Fsp3) is 0.950. The number of piperidine rings is 1. The van der Waals surface area contributed by atoms with Gasteiger partial charge in [-0.2, -0.15) is 0 Å². The van der Waals surface area contributed by atoms with Crippen molar-refractivity contribution < 1.29 is 0 Å². The maximum absolute atomic E-state index is 4.76. The van der Waals surface area contributed by atoms with E-state index >= 15 is 0 Å². The summed E-state index contributed by atoms with van der Waals surface area (Å²) in [4.78, 5) is 10.0. The molecule has 0 aliphatic carbocycles. The molecule has 0 aromatic rings. The number of guanidine groups is 1. The quantitative estimate of drug-likeness (QED) is 0.361. The van der Waals surface area contributed by atoms with Gasteiger partial charge in [-0.05, 0) is 78.0 Å². The molecule has 2 fully saturated rings. The zero-order chi connectivity index (χ0) is 17.7. The van der Waals surface area contributed by atoms with Crippen LogP contribution in [0.25, 0.3) is 0 Å². The maximum atomic E-state index is 4.76. The van der Waals surface area contributed by atoms with Crippen molar-refractivity contribution in [2.75, 3.05) is 52.4 Å². The molecule has 0 aromatic heterocycles. The van der Waals surface area contributed by atoms with Gasteiger partial charge in [-0.3, -0.25) is 9.89 Å². The van der Waals surface area contributed by atoms with Gasteiger partial charge in [-0.15, -0.1) is 0 Å². The molecule has 1 unspecified atom stereocenters. The molecule has 0 aromatic carbocycles. The summed E-state index contributed by atoms with van der Waals surface area (Å²) in [5.41, 5.74) is 0. The number of rotatable bonds is 10. The van der Waals surface area contributed by atoms with Crippen LogP contribution in [0.5, 0.6) is 0 Å². The van der Waals surface area contributed by atoms with Crippen LogP contribution in [-0.2, 0) is 0 Å². The van der Waals surface area contributed by atoms with E-state index in [1.165, 1.54) is 77.5 Å². The first-order chi connectivity index (χ1) is 12.3. The Morgan fingerprint density at radius 1 is 0.960 bits per heavy atom. The van der Waals surface area contributed by atoms with Gasteiger partial charge in [0.2, 0.25) is 0 Å². The van der Waals surface area contributed by atoms with Crippen molar-refractivity contribution in [2.45, 2.75) is 71.3 Å². The molecular formula is C20H41N5. The summed E-state index contributed by atoms with van der Waals surface area (Å²) in [5, 5.41) is 6.92. The third kappa shape index (κ3) is 7.95. The van der Waals surface area contributed by atoms with E-state index in [2.05, 4.69) is 34.3 Å². The molecule has 2 N–H and O–H groups in total. The third-order valence-corrected chi connectivity index (χ3v) is 5.61. The molecule has 2 heterocycles. The fourth-order valence-electron chi connectivity index (χ4n) is 4.12. The normalized spacial score (nSPS) is 23.1. The highest BCUT2D eigenvalue weighted by Gasteiger charge is 2.19. The number of unbranched alkanes of at least 4 members (excludes halogenated alkanes) is 1. The Hall–Kier alpha value is -0.810. The van der Waals surface area contributed by atoms with Crippen LogP contribution in [0.15, 0.2) is 4.99 Å². The van der Waals surface area contributed by atoms with E-state index in [4.69, 9.17) is 4.99 Å². The van der Waals surface area contributed by atoms with Gasteiger partial charge in [0.25, 0.3) is 0 Å². The summed E-state index contributed by atoms with van der Waals surface area (Å²) in [6.45, 7) is 13.6. The molecule has 1 atom stereocenters. The zero-order valence-electron chi connectivity index (χ0n) is 16.7. The summed E-state index contributed by atoms with van der Waals surface area (Å²) in [6, 6.07) is 0.792. The maximum Gasteiger partial charge on any atom is 0.191 e. The molecule has 0 amide bonds. The van der Waals surface area contributed by atoms with Crippen LogP contribution < -0.4 is 10.6 Å². The van der Waals surface area contributed by atoms with Crippen molar-refractivity contribution in [3.63, 3.8) is 0 Å². The molecule has 2 saturated heterocycles. The van der Waals surface area contributed by atoms with Crippen LogP contribution in [0, 0.1) is 0 Å². The SMILES string of the molecule is CCNC(=NCCCCN1CCCC1)NCCN1CCCCC1CC. The summed E-state index contributed by atoms with van der Waals surface area (Å²) >= 11 is 0. The van der Waals surface area contributed by atoms with Crippen LogP contribution in [0.4, 0.5) is 0 Å². The van der Waals surface area contributed by atoms with E-state index in [9.17, 15) is 0 Å². The number of aliphatic imine (C=N–C) groups is 1. The summed E-state index contributed by atoms with van der Waals surface area (Å²) in [7, 11) is 0. The molecular weight excluding hydrogens is 310 g/mol. The lowest BCUT2D eigenvalue weighted by molar-refractivity contribution is 0.147. The molecule has 25 heavy (non-hydrogen) atoms. The van der Waals surface area contributed by atoms with Gasteiger partial charge in [-0.25, -0.2) is 0 Å². The molecule has 5 heteroatoms. The second kappa shape index (κ2) is 12.5. The van der Waals surface area contributed by atoms with Gasteiger partial charge in [0, 0.05) is 32.2 Å². The second-order valence-electron chi connectivity index (χ2n) is 7.54. The lowest BCUT2D eigenvalue weighted by Crippen LogP contribution is -2.46. The van der Waals surface area contributed by atoms with Crippen molar-refractivity contribution in [2.24, 2.45) is 4.99 Å². The minimum atomic E-state index is 0.792. The standard InChI is InChI=1S/C20H41N5/c1-3-19-11-5-7-17-25(19)18-13-23-20(21-4-2)22-12-6-8-14-24-15-9-10-16-24/h19H,3-18H2,1-2H3,(H2,21,22,23). The van der Waals surface area contributed by atoms with Gasteiger partial charge in [-0.1, -0.05) is 13.3 Å². The van der Waals surface area contributed by atoms with Gasteiger partial charge >= 0.3 is 0 Å². The van der Waals surface area contributed by atoms with E-state index in [-0.39, 0.29) is 0 Å². The van der Waals surface area contributed by atoms with Crippen molar-refractivity contribution in [3.8, 4) is 0 Å². The van der Waals surface area contributed by atoms with Crippen molar-refractivity contribution in [1.82, 2.24) is 20.4 Å². The highest BCUT2D eigenvalue weighted by molar-refractivity contribution is 5.79. The number of hydrogen-bond donors (Lipinski definition) is 2. The topological polar surface area (TPSA) is 42.9 Å².